The van der Waals surface area contributed by atoms with Crippen LogP contribution in [0.15, 0.2) is 42.7 Å². The Morgan fingerprint density at radius 1 is 1.33 bits per heavy atom. The van der Waals surface area contributed by atoms with E-state index in [-0.39, 0.29) is 12.3 Å². The predicted octanol–water partition coefficient (Wildman–Crippen LogP) is 1.61. The summed E-state index contributed by atoms with van der Waals surface area (Å²) < 4.78 is 0. The molecule has 6 nitrogen and oxygen atoms in total. The number of amides is 1. The Balaban J connectivity index is 1.80. The van der Waals surface area contributed by atoms with Crippen molar-refractivity contribution in [3.63, 3.8) is 0 Å². The van der Waals surface area contributed by atoms with Crippen molar-refractivity contribution in [3.8, 4) is 11.3 Å². The van der Waals surface area contributed by atoms with E-state index >= 15 is 0 Å². The van der Waals surface area contributed by atoms with Crippen LogP contribution in [0.3, 0.4) is 0 Å². The average molecular weight is 326 g/mol. The van der Waals surface area contributed by atoms with E-state index in [2.05, 4.69) is 15.3 Å². The molecular weight excluding hydrogens is 304 g/mol. The van der Waals surface area contributed by atoms with Gasteiger partial charge in [0.15, 0.2) is 0 Å². The van der Waals surface area contributed by atoms with Crippen LogP contribution in [-0.4, -0.2) is 46.7 Å². The molecule has 0 aliphatic carbocycles. The largest absolute Gasteiger partial charge is 0.388 e. The number of hydrogen-bond acceptors (Lipinski definition) is 5. The number of aromatic nitrogens is 2. The molecule has 1 aromatic heterocycles. The van der Waals surface area contributed by atoms with E-state index in [1.165, 1.54) is 0 Å². The minimum Gasteiger partial charge on any atom is -0.388 e. The summed E-state index contributed by atoms with van der Waals surface area (Å²) in [5, 5.41) is 13.3. The van der Waals surface area contributed by atoms with Gasteiger partial charge in [0, 0.05) is 25.7 Å². The van der Waals surface area contributed by atoms with Crippen LogP contribution in [0.4, 0.5) is 5.82 Å². The monoisotopic (exact) mass is 326 g/mol. The van der Waals surface area contributed by atoms with Crippen LogP contribution >= 0.6 is 0 Å². The van der Waals surface area contributed by atoms with Crippen LogP contribution in [0.25, 0.3) is 11.3 Å². The van der Waals surface area contributed by atoms with Gasteiger partial charge in [0.05, 0.1) is 30.1 Å². The predicted molar refractivity (Wildman–Crippen MR) is 92.5 cm³/mol. The molecule has 0 spiro atoms. The minimum absolute atomic E-state index is 0.103. The highest BCUT2D eigenvalue weighted by Gasteiger charge is 2.35. The summed E-state index contributed by atoms with van der Waals surface area (Å²) in [6.07, 6.45) is 4.97. The molecule has 1 aromatic carbocycles. The lowest BCUT2D eigenvalue weighted by atomic mass is 9.89. The number of anilines is 1. The molecule has 1 saturated heterocycles. The van der Waals surface area contributed by atoms with Gasteiger partial charge in [-0.05, 0) is 12.8 Å². The molecule has 1 aliphatic rings. The van der Waals surface area contributed by atoms with Gasteiger partial charge < -0.3 is 15.3 Å². The van der Waals surface area contributed by atoms with E-state index in [9.17, 15) is 9.90 Å². The molecule has 2 N–H and O–H groups in total. The van der Waals surface area contributed by atoms with E-state index in [0.717, 1.165) is 30.0 Å². The Labute approximate surface area is 141 Å². The molecule has 6 heteroatoms. The van der Waals surface area contributed by atoms with E-state index in [1.54, 1.807) is 19.4 Å². The fourth-order valence-electron chi connectivity index (χ4n) is 3.10. The van der Waals surface area contributed by atoms with Crippen molar-refractivity contribution in [2.24, 2.45) is 0 Å². The summed E-state index contributed by atoms with van der Waals surface area (Å²) in [6.45, 7) is 1.18. The molecule has 1 unspecified atom stereocenters. The Kier molecular flexibility index (Phi) is 4.76. The minimum atomic E-state index is -1.03. The third-order valence-corrected chi connectivity index (χ3v) is 4.34. The van der Waals surface area contributed by atoms with Gasteiger partial charge in [-0.15, -0.1) is 0 Å². The third kappa shape index (κ3) is 3.71. The molecule has 1 amide bonds. The van der Waals surface area contributed by atoms with Crippen molar-refractivity contribution < 1.29 is 9.90 Å². The second-order valence-electron chi connectivity index (χ2n) is 6.23. The Hall–Kier alpha value is -2.47. The van der Waals surface area contributed by atoms with Crippen molar-refractivity contribution in [3.05, 3.63) is 42.7 Å². The Morgan fingerprint density at radius 2 is 2.12 bits per heavy atom. The summed E-state index contributed by atoms with van der Waals surface area (Å²) in [7, 11) is 1.58. The summed E-state index contributed by atoms with van der Waals surface area (Å²) in [5.41, 5.74) is 0.779. The van der Waals surface area contributed by atoms with Gasteiger partial charge in [-0.3, -0.25) is 9.78 Å². The number of hydrogen-bond donors (Lipinski definition) is 2. The van der Waals surface area contributed by atoms with E-state index < -0.39 is 5.60 Å². The summed E-state index contributed by atoms with van der Waals surface area (Å²) in [5.74, 6) is 0.579. The van der Waals surface area contributed by atoms with E-state index in [1.807, 2.05) is 35.2 Å². The zero-order valence-electron chi connectivity index (χ0n) is 13.8. The summed E-state index contributed by atoms with van der Waals surface area (Å²) in [6, 6.07) is 9.88. The van der Waals surface area contributed by atoms with Gasteiger partial charge >= 0.3 is 0 Å². The highest BCUT2D eigenvalue weighted by Crippen LogP contribution is 2.28. The molecule has 1 aliphatic heterocycles. The first kappa shape index (κ1) is 16.4. The van der Waals surface area contributed by atoms with Crippen molar-refractivity contribution in [2.45, 2.75) is 24.9 Å². The molecule has 0 bridgehead atoms. The quantitative estimate of drug-likeness (QED) is 0.892. The standard InChI is InChI=1S/C18H22N4O2/c1-19-17(23)10-18(24)8-5-9-22(13-18)16-12-20-11-15(21-16)14-6-3-2-4-7-14/h2-4,6-7,11-12,24H,5,8-10,13H2,1H3,(H,19,23). The summed E-state index contributed by atoms with van der Waals surface area (Å²) in [4.78, 5) is 22.6. The average Bonchev–Trinajstić information content (AvgIpc) is 2.62. The topological polar surface area (TPSA) is 78.4 Å². The molecule has 2 aromatic rings. The molecule has 126 valence electrons. The SMILES string of the molecule is CNC(=O)CC1(O)CCCN(c2cncc(-c3ccccc3)n2)C1. The van der Waals surface area contributed by atoms with Gasteiger partial charge in [0.2, 0.25) is 5.91 Å². The maximum atomic E-state index is 11.6. The third-order valence-electron chi connectivity index (χ3n) is 4.34. The number of rotatable bonds is 4. The zero-order valence-corrected chi connectivity index (χ0v) is 13.8. The first-order valence-electron chi connectivity index (χ1n) is 8.15. The molecule has 0 saturated carbocycles. The maximum absolute atomic E-state index is 11.6. The number of β-amino-alcohol motifs (C(OH)–C–C–N with tert-alkyl or cyclic N) is 1. The van der Waals surface area contributed by atoms with E-state index in [4.69, 9.17) is 0 Å². The van der Waals surface area contributed by atoms with Gasteiger partial charge in [0.25, 0.3) is 0 Å². The van der Waals surface area contributed by atoms with E-state index in [0.29, 0.717) is 13.0 Å². The Morgan fingerprint density at radius 3 is 2.88 bits per heavy atom. The molecular formula is C18H22N4O2. The zero-order chi connectivity index (χ0) is 17.0. The van der Waals surface area contributed by atoms with Crippen LogP contribution in [-0.2, 0) is 4.79 Å². The van der Waals surface area contributed by atoms with Crippen LogP contribution in [0.5, 0.6) is 0 Å². The highest BCUT2D eigenvalue weighted by atomic mass is 16.3. The lowest BCUT2D eigenvalue weighted by Crippen LogP contribution is -2.50. The van der Waals surface area contributed by atoms with Gasteiger partial charge in [-0.25, -0.2) is 4.98 Å². The first-order valence-corrected chi connectivity index (χ1v) is 8.15. The van der Waals surface area contributed by atoms with Gasteiger partial charge in [-0.2, -0.15) is 0 Å². The molecule has 3 rings (SSSR count). The number of nitrogens with zero attached hydrogens (tertiary/aromatic N) is 3. The van der Waals surface area contributed by atoms with Crippen LogP contribution in [0, 0.1) is 0 Å². The number of carbonyl (C=O) groups excluding carboxylic acids is 1. The fourth-order valence-corrected chi connectivity index (χ4v) is 3.10. The maximum Gasteiger partial charge on any atom is 0.222 e. The van der Waals surface area contributed by atoms with Crippen molar-refractivity contribution in [1.82, 2.24) is 15.3 Å². The van der Waals surface area contributed by atoms with Crippen molar-refractivity contribution in [2.75, 3.05) is 25.0 Å². The second-order valence-corrected chi connectivity index (χ2v) is 6.23. The van der Waals surface area contributed by atoms with Gasteiger partial charge in [-0.1, -0.05) is 30.3 Å². The Bertz CT molecular complexity index is 707. The normalized spacial score (nSPS) is 20.7. The highest BCUT2D eigenvalue weighted by molar-refractivity contribution is 5.76. The summed E-state index contributed by atoms with van der Waals surface area (Å²) >= 11 is 0. The van der Waals surface area contributed by atoms with Gasteiger partial charge in [0.1, 0.15) is 5.82 Å². The number of nitrogens with one attached hydrogen (secondary N) is 1. The molecule has 1 fully saturated rings. The molecule has 1 atom stereocenters. The number of aliphatic hydroxyl groups is 1. The molecule has 2 heterocycles. The van der Waals surface area contributed by atoms with Crippen LogP contribution < -0.4 is 10.2 Å². The number of carbonyl (C=O) groups is 1. The van der Waals surface area contributed by atoms with Crippen LogP contribution in [0.1, 0.15) is 19.3 Å². The van der Waals surface area contributed by atoms with Crippen molar-refractivity contribution in [1.29, 1.82) is 0 Å². The lowest BCUT2D eigenvalue weighted by Gasteiger charge is -2.39. The second kappa shape index (κ2) is 6.97. The number of piperidine rings is 1. The fraction of sp³-hybridized carbons (Fsp3) is 0.389. The molecule has 24 heavy (non-hydrogen) atoms. The first-order chi connectivity index (χ1) is 11.6. The molecule has 0 radical (unpaired) electrons. The smallest absolute Gasteiger partial charge is 0.222 e. The van der Waals surface area contributed by atoms with Crippen molar-refractivity contribution >= 4 is 11.7 Å². The number of benzene rings is 1. The lowest BCUT2D eigenvalue weighted by molar-refractivity contribution is -0.125. The van der Waals surface area contributed by atoms with Crippen LogP contribution in [0.2, 0.25) is 0 Å².